The van der Waals surface area contributed by atoms with Crippen molar-refractivity contribution >= 4 is 0 Å². The van der Waals surface area contributed by atoms with Crippen LogP contribution in [0.5, 0.6) is 11.5 Å². The Balaban J connectivity index is 0.000000767. The minimum atomic E-state index is -0.337. The summed E-state index contributed by atoms with van der Waals surface area (Å²) in [6, 6.07) is 14.6. The van der Waals surface area contributed by atoms with Crippen molar-refractivity contribution in [1.29, 1.82) is 0 Å². The Bertz CT molecular complexity index is 1240. The van der Waals surface area contributed by atoms with Crippen LogP contribution < -0.4 is 9.62 Å². The first-order valence-corrected chi connectivity index (χ1v) is 22.4. The zero-order valence-corrected chi connectivity index (χ0v) is 39.1. The third kappa shape index (κ3) is 27.6. The second-order valence-electron chi connectivity index (χ2n) is 15.4. The Hall–Kier alpha value is -2.52. The van der Waals surface area contributed by atoms with Crippen molar-refractivity contribution in [3.05, 3.63) is 59.7 Å². The Morgan fingerprint density at radius 3 is 1.29 bits per heavy atom. The van der Waals surface area contributed by atoms with Gasteiger partial charge in [-0.15, -0.1) is 0 Å². The maximum Gasteiger partial charge on any atom is 0.165 e. The van der Waals surface area contributed by atoms with Gasteiger partial charge in [-0.3, -0.25) is 26.3 Å². The molecule has 2 aromatic carbocycles. The van der Waals surface area contributed by atoms with Gasteiger partial charge in [-0.05, 0) is 166 Å². The lowest BCUT2D eigenvalue weighted by molar-refractivity contribution is -0.333. The van der Waals surface area contributed by atoms with E-state index in [2.05, 4.69) is 31.4 Å². The summed E-state index contributed by atoms with van der Waals surface area (Å²) in [6.45, 7) is 21.8. The van der Waals surface area contributed by atoms with Gasteiger partial charge in [-0.2, -0.15) is 4.89 Å². The number of ether oxygens (including phenoxy) is 2. The summed E-state index contributed by atoms with van der Waals surface area (Å²) < 4.78 is 10.8. The first-order valence-electron chi connectivity index (χ1n) is 22.4. The lowest BCUT2D eigenvalue weighted by Crippen LogP contribution is -2.28. The van der Waals surface area contributed by atoms with Gasteiger partial charge in [0.05, 0.1) is 50.3 Å². The molecule has 0 saturated heterocycles. The van der Waals surface area contributed by atoms with Gasteiger partial charge in [0, 0.05) is 6.61 Å². The van der Waals surface area contributed by atoms with Gasteiger partial charge in [-0.1, -0.05) is 45.0 Å². The molecule has 5 unspecified atom stereocenters. The fraction of sp³-hybridized carbons (Fsp3) is 0.739. The molecule has 62 heavy (non-hydrogen) atoms. The van der Waals surface area contributed by atoms with Crippen LogP contribution in [0, 0.1) is 11.8 Å². The van der Waals surface area contributed by atoms with Crippen molar-refractivity contribution in [3.63, 3.8) is 0 Å². The van der Waals surface area contributed by atoms with Gasteiger partial charge in [0.25, 0.3) is 0 Å². The van der Waals surface area contributed by atoms with E-state index in [0.717, 1.165) is 94.1 Å². The Kier molecular flexibility index (Phi) is 37.3. The smallest absolute Gasteiger partial charge is 0.165 e. The highest BCUT2D eigenvalue weighted by molar-refractivity contribution is 5.28. The number of rotatable bonds is 22. The molecule has 0 radical (unpaired) electrons. The second-order valence-corrected chi connectivity index (χ2v) is 15.4. The first kappa shape index (κ1) is 59.5. The lowest BCUT2D eigenvalue weighted by Gasteiger charge is -2.30. The highest BCUT2D eigenvalue weighted by Crippen LogP contribution is 2.30. The molecule has 5 N–H and O–H groups in total. The van der Waals surface area contributed by atoms with Gasteiger partial charge in [-0.25, -0.2) is 34.2 Å². The Morgan fingerprint density at radius 2 is 0.935 bits per heavy atom. The topological polar surface area (TPSA) is 203 Å². The van der Waals surface area contributed by atoms with Gasteiger partial charge in [0.2, 0.25) is 0 Å². The highest BCUT2D eigenvalue weighted by Gasteiger charge is 2.27. The SMILES string of the molecule is CCC(C)OO.CCCOOC1CCC(C(C)OO)CC1.CCCOOc1ccc(C(C)OO)cc1.CCOC1CCC(C(C)OO)CC1.CCOc1ccc(C(C)OO)cc1. The molecule has 0 heterocycles. The van der Waals surface area contributed by atoms with Crippen LogP contribution in [0.15, 0.2) is 48.5 Å². The van der Waals surface area contributed by atoms with E-state index in [4.69, 9.17) is 55.3 Å². The van der Waals surface area contributed by atoms with Crippen LogP contribution in [0.1, 0.15) is 163 Å². The zero-order chi connectivity index (χ0) is 46.5. The molecule has 2 aliphatic carbocycles. The average molecular weight is 891 g/mol. The van der Waals surface area contributed by atoms with Crippen LogP contribution in [0.4, 0.5) is 0 Å². The van der Waals surface area contributed by atoms with E-state index in [9.17, 15) is 0 Å². The van der Waals surface area contributed by atoms with Crippen LogP contribution in [0.3, 0.4) is 0 Å². The molecule has 0 aliphatic heterocycles. The summed E-state index contributed by atoms with van der Waals surface area (Å²) in [7, 11) is 0. The molecular weight excluding hydrogens is 808 g/mol. The summed E-state index contributed by atoms with van der Waals surface area (Å²) in [6.07, 6.45) is 11.1. The summed E-state index contributed by atoms with van der Waals surface area (Å²) >= 11 is 0. The van der Waals surface area contributed by atoms with Gasteiger partial charge >= 0.3 is 0 Å². The Labute approximate surface area is 371 Å². The summed E-state index contributed by atoms with van der Waals surface area (Å²) in [5, 5.41) is 41.8. The van der Waals surface area contributed by atoms with Crippen LogP contribution in [-0.2, 0) is 43.8 Å². The van der Waals surface area contributed by atoms with E-state index in [1.54, 1.807) is 32.9 Å². The van der Waals surface area contributed by atoms with Crippen LogP contribution in [0.25, 0.3) is 0 Å². The largest absolute Gasteiger partial charge is 0.494 e. The summed E-state index contributed by atoms with van der Waals surface area (Å²) in [5.74, 6) is 2.41. The van der Waals surface area contributed by atoms with E-state index in [-0.39, 0.29) is 36.6 Å². The van der Waals surface area contributed by atoms with Gasteiger partial charge in [0.1, 0.15) is 18.0 Å². The average Bonchev–Trinajstić information content (AvgIpc) is 3.32. The van der Waals surface area contributed by atoms with Crippen molar-refractivity contribution in [3.8, 4) is 11.5 Å². The summed E-state index contributed by atoms with van der Waals surface area (Å²) in [5.41, 5.74) is 1.80. The zero-order valence-electron chi connectivity index (χ0n) is 39.1. The van der Waals surface area contributed by atoms with Crippen LogP contribution in [-0.4, -0.2) is 83.2 Å². The third-order valence-electron chi connectivity index (χ3n) is 10.5. The number of hydrogen-bond donors (Lipinski definition) is 5. The monoisotopic (exact) mass is 891 g/mol. The van der Waals surface area contributed by atoms with E-state index in [0.29, 0.717) is 43.5 Å². The molecule has 2 fully saturated rings. The molecule has 2 aromatic rings. The van der Waals surface area contributed by atoms with Crippen molar-refractivity contribution < 1.29 is 79.7 Å². The van der Waals surface area contributed by atoms with Crippen molar-refractivity contribution in [2.45, 2.75) is 183 Å². The van der Waals surface area contributed by atoms with Crippen LogP contribution >= 0.6 is 0 Å². The molecule has 16 heteroatoms. The molecule has 2 saturated carbocycles. The van der Waals surface area contributed by atoms with E-state index >= 15 is 0 Å². The molecule has 0 aromatic heterocycles. The normalized spacial score (nSPS) is 20.7. The molecule has 4 rings (SSSR count). The van der Waals surface area contributed by atoms with Crippen molar-refractivity contribution in [2.75, 3.05) is 26.4 Å². The Morgan fingerprint density at radius 1 is 0.500 bits per heavy atom. The molecule has 2 aliphatic rings. The minimum absolute atomic E-state index is 0.00926. The maximum absolute atomic E-state index is 8.57. The quantitative estimate of drug-likeness (QED) is 0.0424. The maximum atomic E-state index is 8.57. The number of benzene rings is 2. The van der Waals surface area contributed by atoms with E-state index in [1.165, 1.54) is 0 Å². The third-order valence-corrected chi connectivity index (χ3v) is 10.5. The fourth-order valence-electron chi connectivity index (χ4n) is 6.20. The van der Waals surface area contributed by atoms with Crippen LogP contribution in [0.2, 0.25) is 0 Å². The molecule has 16 nitrogen and oxygen atoms in total. The second kappa shape index (κ2) is 38.9. The van der Waals surface area contributed by atoms with Gasteiger partial charge < -0.3 is 14.4 Å². The standard InChI is InChI=1S/C11H22O4.C11H16O4.C10H20O3.C10H14O3.C4H10O2/c2*1-3-8-13-15-11-6-4-10(5-7-11)9(2)14-12;2*1-3-12-10-6-4-9(5-7-10)8(2)13-11;1-3-4(2)6-5/h9-12H,3-8H2,1-2H3;4-7,9,12H,3,8H2,1-2H3;8-11H,3-7H2,1-2H3;4-8,11H,3H2,1-2H3;4-5H,3H2,1-2H3. The van der Waals surface area contributed by atoms with E-state index < -0.39 is 0 Å². The van der Waals surface area contributed by atoms with Gasteiger partial charge in [0.15, 0.2) is 5.75 Å². The predicted molar refractivity (Wildman–Crippen MR) is 235 cm³/mol. The summed E-state index contributed by atoms with van der Waals surface area (Å²) in [4.78, 5) is 41.3. The molecule has 0 bridgehead atoms. The van der Waals surface area contributed by atoms with Crippen molar-refractivity contribution in [2.24, 2.45) is 11.8 Å². The fourth-order valence-corrected chi connectivity index (χ4v) is 6.20. The lowest BCUT2D eigenvalue weighted by atomic mass is 9.84. The molecular formula is C46H82O16. The van der Waals surface area contributed by atoms with E-state index in [1.807, 2.05) is 77.9 Å². The predicted octanol–water partition coefficient (Wildman–Crippen LogP) is 12.1. The first-order chi connectivity index (χ1) is 29.9. The minimum Gasteiger partial charge on any atom is -0.494 e. The molecule has 0 spiro atoms. The molecule has 362 valence electrons. The highest BCUT2D eigenvalue weighted by atomic mass is 17.2. The van der Waals surface area contributed by atoms with Crippen molar-refractivity contribution in [1.82, 2.24) is 0 Å². The number of hydrogen-bond acceptors (Lipinski definition) is 16. The molecule has 5 atom stereocenters. The molecule has 0 amide bonds.